The van der Waals surface area contributed by atoms with Crippen LogP contribution < -0.4 is 14.8 Å². The maximum Gasteiger partial charge on any atom is 0.573 e. The fraction of sp³-hybridized carbons (Fsp3) is 0.278. The largest absolute Gasteiger partial charge is 0.573 e. The molecule has 2 rings (SSSR count). The van der Waals surface area contributed by atoms with Crippen LogP contribution in [-0.2, 0) is 20.6 Å². The number of hydrogen-bond acceptors (Lipinski definition) is 4. The normalized spacial score (nSPS) is 12.5. The second-order valence-electron chi connectivity index (χ2n) is 6.50. The summed E-state index contributed by atoms with van der Waals surface area (Å²) in [4.78, 5) is 12.4. The summed E-state index contributed by atoms with van der Waals surface area (Å²) in [5, 5.41) is 2.46. The minimum absolute atomic E-state index is 0.190. The standard InChI is InChI=1S/C18H19F3N2O4S/c1-17(2,23-28(25,26)12-13-6-4-3-5-7-13)16(24)22-14-8-10-15(11-9-14)27-18(19,20)21/h3-11,23H,12H2,1-2H3,(H,22,24). The summed E-state index contributed by atoms with van der Waals surface area (Å²) in [7, 11) is -3.81. The van der Waals surface area contributed by atoms with Crippen molar-refractivity contribution in [2.75, 3.05) is 5.32 Å². The third kappa shape index (κ3) is 6.86. The van der Waals surface area contributed by atoms with E-state index in [1.165, 1.54) is 26.0 Å². The van der Waals surface area contributed by atoms with Gasteiger partial charge in [0.2, 0.25) is 15.9 Å². The van der Waals surface area contributed by atoms with Gasteiger partial charge in [-0.25, -0.2) is 8.42 Å². The Morgan fingerprint density at radius 3 is 2.11 bits per heavy atom. The summed E-state index contributed by atoms with van der Waals surface area (Å²) in [6.07, 6.45) is -4.82. The zero-order valence-electron chi connectivity index (χ0n) is 15.1. The molecule has 0 bridgehead atoms. The number of hydrogen-bond donors (Lipinski definition) is 2. The Morgan fingerprint density at radius 1 is 1.00 bits per heavy atom. The molecule has 28 heavy (non-hydrogen) atoms. The van der Waals surface area contributed by atoms with Crippen molar-refractivity contribution < 1.29 is 31.1 Å². The smallest absolute Gasteiger partial charge is 0.406 e. The van der Waals surface area contributed by atoms with Crippen LogP contribution in [0.3, 0.4) is 0 Å². The molecule has 2 N–H and O–H groups in total. The fourth-order valence-corrected chi connectivity index (χ4v) is 3.87. The van der Waals surface area contributed by atoms with E-state index in [0.29, 0.717) is 5.56 Å². The van der Waals surface area contributed by atoms with Crippen molar-refractivity contribution in [3.05, 3.63) is 60.2 Å². The molecule has 6 nitrogen and oxygen atoms in total. The van der Waals surface area contributed by atoms with Crippen LogP contribution in [0.25, 0.3) is 0 Å². The van der Waals surface area contributed by atoms with Crippen molar-refractivity contribution in [3.63, 3.8) is 0 Å². The third-order valence-electron chi connectivity index (χ3n) is 3.52. The van der Waals surface area contributed by atoms with Crippen LogP contribution in [0.4, 0.5) is 18.9 Å². The van der Waals surface area contributed by atoms with Gasteiger partial charge in [0.1, 0.15) is 11.3 Å². The van der Waals surface area contributed by atoms with Crippen LogP contribution in [0.15, 0.2) is 54.6 Å². The van der Waals surface area contributed by atoms with Crippen molar-refractivity contribution in [1.82, 2.24) is 4.72 Å². The number of nitrogens with one attached hydrogen (secondary N) is 2. The molecule has 0 unspecified atom stereocenters. The highest BCUT2D eigenvalue weighted by Gasteiger charge is 2.33. The first-order valence-corrected chi connectivity index (χ1v) is 9.74. The first kappa shape index (κ1) is 21.7. The summed E-state index contributed by atoms with van der Waals surface area (Å²) < 4.78 is 67.2. The Morgan fingerprint density at radius 2 is 1.57 bits per heavy atom. The molecule has 0 saturated carbocycles. The molecule has 2 aromatic rings. The summed E-state index contributed by atoms with van der Waals surface area (Å²) >= 11 is 0. The number of benzene rings is 2. The fourth-order valence-electron chi connectivity index (χ4n) is 2.29. The van der Waals surface area contributed by atoms with Crippen LogP contribution in [0.2, 0.25) is 0 Å². The monoisotopic (exact) mass is 416 g/mol. The van der Waals surface area contributed by atoms with Crippen molar-refractivity contribution in [2.24, 2.45) is 0 Å². The van der Waals surface area contributed by atoms with Gasteiger partial charge >= 0.3 is 6.36 Å². The summed E-state index contributed by atoms with van der Waals surface area (Å²) in [6.45, 7) is 2.76. The molecule has 0 heterocycles. The summed E-state index contributed by atoms with van der Waals surface area (Å²) in [6, 6.07) is 13.0. The highest BCUT2D eigenvalue weighted by atomic mass is 32.2. The van der Waals surface area contributed by atoms with Crippen molar-refractivity contribution >= 4 is 21.6 Å². The molecular weight excluding hydrogens is 397 g/mol. The highest BCUT2D eigenvalue weighted by molar-refractivity contribution is 7.88. The van der Waals surface area contributed by atoms with Crippen LogP contribution in [0.1, 0.15) is 19.4 Å². The lowest BCUT2D eigenvalue weighted by Gasteiger charge is -2.25. The highest BCUT2D eigenvalue weighted by Crippen LogP contribution is 2.24. The summed E-state index contributed by atoms with van der Waals surface area (Å²) in [5.74, 6) is -1.41. The van der Waals surface area contributed by atoms with Gasteiger partial charge in [0.15, 0.2) is 0 Å². The van der Waals surface area contributed by atoms with Crippen molar-refractivity contribution in [1.29, 1.82) is 0 Å². The van der Waals surface area contributed by atoms with Gasteiger partial charge in [-0.2, -0.15) is 4.72 Å². The van der Waals surface area contributed by atoms with Gasteiger partial charge in [0, 0.05) is 5.69 Å². The van der Waals surface area contributed by atoms with Gasteiger partial charge in [-0.15, -0.1) is 13.2 Å². The van der Waals surface area contributed by atoms with Crippen molar-refractivity contribution in [2.45, 2.75) is 31.5 Å². The van der Waals surface area contributed by atoms with Crippen LogP contribution in [-0.4, -0.2) is 26.2 Å². The van der Waals surface area contributed by atoms with E-state index >= 15 is 0 Å². The minimum atomic E-state index is -4.82. The van der Waals surface area contributed by atoms with Gasteiger partial charge in [-0.05, 0) is 43.7 Å². The number of ether oxygens (including phenoxy) is 1. The number of carbonyl (C=O) groups excluding carboxylic acids is 1. The number of alkyl halides is 3. The Kier molecular flexibility index (Phi) is 6.35. The molecule has 0 spiro atoms. The topological polar surface area (TPSA) is 84.5 Å². The lowest BCUT2D eigenvalue weighted by atomic mass is 10.1. The maximum absolute atomic E-state index is 12.4. The van der Waals surface area contributed by atoms with E-state index in [9.17, 15) is 26.4 Å². The quantitative estimate of drug-likeness (QED) is 0.724. The number of anilines is 1. The lowest BCUT2D eigenvalue weighted by Crippen LogP contribution is -2.52. The van der Waals surface area contributed by atoms with Gasteiger partial charge < -0.3 is 10.1 Å². The predicted octanol–water partition coefficient (Wildman–Crippen LogP) is 3.42. The number of rotatable bonds is 7. The average Bonchev–Trinajstić information content (AvgIpc) is 2.54. The number of carbonyl (C=O) groups is 1. The van der Waals surface area contributed by atoms with E-state index < -0.39 is 33.6 Å². The lowest BCUT2D eigenvalue weighted by molar-refractivity contribution is -0.274. The minimum Gasteiger partial charge on any atom is -0.406 e. The Balaban J connectivity index is 2.02. The molecule has 0 aliphatic heterocycles. The van der Waals surface area contributed by atoms with E-state index in [0.717, 1.165) is 12.1 Å². The van der Waals surface area contributed by atoms with E-state index in [1.54, 1.807) is 30.3 Å². The average molecular weight is 416 g/mol. The van der Waals surface area contributed by atoms with Crippen LogP contribution in [0, 0.1) is 0 Å². The number of halogens is 3. The molecule has 0 aromatic heterocycles. The van der Waals surface area contributed by atoms with Gasteiger partial charge in [0.25, 0.3) is 0 Å². The zero-order chi connectivity index (χ0) is 21.0. The van der Waals surface area contributed by atoms with Crippen molar-refractivity contribution in [3.8, 4) is 5.75 Å². The Hall–Kier alpha value is -2.59. The molecular formula is C18H19F3N2O4S. The van der Waals surface area contributed by atoms with E-state index in [-0.39, 0.29) is 11.4 Å². The van der Waals surface area contributed by atoms with E-state index in [1.807, 2.05) is 0 Å². The number of amides is 1. The first-order chi connectivity index (χ1) is 12.9. The van der Waals surface area contributed by atoms with E-state index in [2.05, 4.69) is 14.8 Å². The Bertz CT molecular complexity index is 912. The molecule has 0 fully saturated rings. The molecule has 0 atom stereocenters. The third-order valence-corrected chi connectivity index (χ3v) is 5.06. The number of sulfonamides is 1. The Labute approximate surface area is 160 Å². The van der Waals surface area contributed by atoms with Gasteiger partial charge in [-0.3, -0.25) is 4.79 Å². The molecule has 0 radical (unpaired) electrons. The molecule has 152 valence electrons. The maximum atomic E-state index is 12.4. The first-order valence-electron chi connectivity index (χ1n) is 8.09. The van der Waals surface area contributed by atoms with Crippen LogP contribution in [0.5, 0.6) is 5.75 Å². The molecule has 10 heteroatoms. The predicted molar refractivity (Wildman–Crippen MR) is 98.0 cm³/mol. The second-order valence-corrected chi connectivity index (χ2v) is 8.22. The van der Waals surface area contributed by atoms with Crippen LogP contribution >= 0.6 is 0 Å². The van der Waals surface area contributed by atoms with Gasteiger partial charge in [-0.1, -0.05) is 30.3 Å². The van der Waals surface area contributed by atoms with E-state index in [4.69, 9.17) is 0 Å². The molecule has 1 amide bonds. The molecule has 0 aliphatic rings. The molecule has 0 aliphatic carbocycles. The van der Waals surface area contributed by atoms with Gasteiger partial charge in [0.05, 0.1) is 5.75 Å². The molecule has 0 saturated heterocycles. The zero-order valence-corrected chi connectivity index (χ0v) is 15.9. The second kappa shape index (κ2) is 8.19. The summed E-state index contributed by atoms with van der Waals surface area (Å²) in [5.41, 5.74) is -0.740. The molecule has 2 aromatic carbocycles. The SMILES string of the molecule is CC(C)(NS(=O)(=O)Cc1ccccc1)C(=O)Nc1ccc(OC(F)(F)F)cc1.